The first-order valence-corrected chi connectivity index (χ1v) is 6.88. The lowest BCUT2D eigenvalue weighted by Crippen LogP contribution is -2.01. The van der Waals surface area contributed by atoms with E-state index in [-0.39, 0.29) is 17.3 Å². The molecular formula is C13H13Cl2N3O2. The van der Waals surface area contributed by atoms with Gasteiger partial charge in [-0.25, -0.2) is 0 Å². The van der Waals surface area contributed by atoms with Crippen molar-refractivity contribution in [2.75, 3.05) is 6.61 Å². The molecule has 0 unspecified atom stereocenters. The Morgan fingerprint density at radius 2 is 1.80 bits per heavy atom. The van der Waals surface area contributed by atoms with Crippen LogP contribution in [0.15, 0.2) is 18.2 Å². The molecule has 1 aromatic carbocycles. The normalized spacial score (nSPS) is 10.4. The van der Waals surface area contributed by atoms with Crippen molar-refractivity contribution in [1.82, 2.24) is 15.0 Å². The minimum Gasteiger partial charge on any atom is -0.464 e. The summed E-state index contributed by atoms with van der Waals surface area (Å²) in [7, 11) is 0. The Labute approximate surface area is 126 Å². The number of hydrogen-bond acceptors (Lipinski definition) is 5. The summed E-state index contributed by atoms with van der Waals surface area (Å²) in [5.74, 6) is 0.580. The summed E-state index contributed by atoms with van der Waals surface area (Å²) in [5.41, 5.74) is 0.981. The van der Waals surface area contributed by atoms with Crippen LogP contribution in [-0.2, 0) is 6.42 Å². The molecule has 0 radical (unpaired) electrons. The van der Waals surface area contributed by atoms with E-state index in [0.717, 1.165) is 12.0 Å². The van der Waals surface area contributed by atoms with Crippen LogP contribution < -0.4 is 9.47 Å². The van der Waals surface area contributed by atoms with Crippen LogP contribution in [0, 0.1) is 0 Å². The maximum Gasteiger partial charge on any atom is 0.329 e. The fourth-order valence-corrected chi connectivity index (χ4v) is 1.94. The number of rotatable bonds is 5. The van der Waals surface area contributed by atoms with Crippen LogP contribution in [0.1, 0.15) is 19.4 Å². The summed E-state index contributed by atoms with van der Waals surface area (Å²) >= 11 is 11.8. The third kappa shape index (κ3) is 3.71. The van der Waals surface area contributed by atoms with Gasteiger partial charge in [-0.1, -0.05) is 18.5 Å². The van der Waals surface area contributed by atoms with E-state index in [1.165, 1.54) is 0 Å². The van der Waals surface area contributed by atoms with E-state index in [4.69, 9.17) is 32.7 Å². The quantitative estimate of drug-likeness (QED) is 0.837. The van der Waals surface area contributed by atoms with Gasteiger partial charge in [-0.2, -0.15) is 9.97 Å². The zero-order valence-electron chi connectivity index (χ0n) is 11.1. The van der Waals surface area contributed by atoms with Crippen molar-refractivity contribution in [1.29, 1.82) is 0 Å². The number of hydrogen-bond donors (Lipinski definition) is 0. The highest BCUT2D eigenvalue weighted by Crippen LogP contribution is 2.26. The van der Waals surface area contributed by atoms with Crippen molar-refractivity contribution in [2.45, 2.75) is 20.3 Å². The highest BCUT2D eigenvalue weighted by atomic mass is 35.5. The molecule has 0 atom stereocenters. The molecule has 2 aromatic rings. The van der Waals surface area contributed by atoms with Gasteiger partial charge in [0.15, 0.2) is 0 Å². The molecule has 0 aliphatic heterocycles. The minimum absolute atomic E-state index is 0.0168. The van der Waals surface area contributed by atoms with E-state index in [1.54, 1.807) is 12.1 Å². The maximum absolute atomic E-state index is 6.05. The van der Waals surface area contributed by atoms with E-state index in [2.05, 4.69) is 15.0 Å². The molecule has 2 rings (SSSR count). The zero-order chi connectivity index (χ0) is 14.5. The molecule has 0 fully saturated rings. The Hall–Kier alpha value is -1.59. The molecule has 106 valence electrons. The summed E-state index contributed by atoms with van der Waals surface area (Å²) < 4.78 is 10.7. The summed E-state index contributed by atoms with van der Waals surface area (Å²) in [6.07, 6.45) is 0.804. The van der Waals surface area contributed by atoms with E-state index in [0.29, 0.717) is 17.4 Å². The Kier molecular flexibility index (Phi) is 4.98. The fourth-order valence-electron chi connectivity index (χ4n) is 1.54. The van der Waals surface area contributed by atoms with Gasteiger partial charge in [0.1, 0.15) is 5.75 Å². The van der Waals surface area contributed by atoms with Gasteiger partial charge in [0.25, 0.3) is 0 Å². The van der Waals surface area contributed by atoms with Gasteiger partial charge in [0.05, 0.1) is 6.61 Å². The van der Waals surface area contributed by atoms with Crippen LogP contribution in [0.2, 0.25) is 10.3 Å². The molecule has 0 aliphatic carbocycles. The average Bonchev–Trinajstić information content (AvgIpc) is 2.40. The van der Waals surface area contributed by atoms with Crippen molar-refractivity contribution < 1.29 is 9.47 Å². The Morgan fingerprint density at radius 1 is 1.05 bits per heavy atom. The van der Waals surface area contributed by atoms with Crippen LogP contribution in [0.4, 0.5) is 0 Å². The van der Waals surface area contributed by atoms with Gasteiger partial charge >= 0.3 is 12.0 Å². The summed E-state index contributed by atoms with van der Waals surface area (Å²) in [6.45, 7) is 4.27. The second kappa shape index (κ2) is 6.72. The molecule has 0 N–H and O–H groups in total. The van der Waals surface area contributed by atoms with Crippen molar-refractivity contribution in [3.63, 3.8) is 0 Å². The molecule has 0 aliphatic rings. The largest absolute Gasteiger partial charge is 0.464 e. The SMILES string of the molecule is CCOc1nc(Cl)nc(Oc2ccc(Cl)c(CC)c2)n1. The Balaban J connectivity index is 2.25. The number of ether oxygens (including phenoxy) is 2. The molecule has 0 amide bonds. The average molecular weight is 314 g/mol. The maximum atomic E-state index is 6.05. The molecule has 20 heavy (non-hydrogen) atoms. The van der Waals surface area contributed by atoms with E-state index < -0.39 is 0 Å². The fraction of sp³-hybridized carbons (Fsp3) is 0.308. The van der Waals surface area contributed by atoms with Crippen LogP contribution >= 0.6 is 23.2 Å². The highest BCUT2D eigenvalue weighted by molar-refractivity contribution is 6.31. The highest BCUT2D eigenvalue weighted by Gasteiger charge is 2.09. The summed E-state index contributed by atoms with van der Waals surface area (Å²) in [6, 6.07) is 5.55. The molecule has 1 aromatic heterocycles. The molecule has 0 saturated heterocycles. The van der Waals surface area contributed by atoms with Gasteiger partial charge in [-0.15, -0.1) is 4.98 Å². The molecule has 0 bridgehead atoms. The van der Waals surface area contributed by atoms with Gasteiger partial charge < -0.3 is 9.47 Å². The zero-order valence-corrected chi connectivity index (χ0v) is 12.6. The van der Waals surface area contributed by atoms with Crippen molar-refractivity contribution in [3.05, 3.63) is 34.1 Å². The van der Waals surface area contributed by atoms with E-state index in [1.807, 2.05) is 19.9 Å². The number of halogens is 2. The lowest BCUT2D eigenvalue weighted by atomic mass is 10.1. The van der Waals surface area contributed by atoms with Crippen LogP contribution in [-0.4, -0.2) is 21.6 Å². The molecular weight excluding hydrogens is 301 g/mol. The molecule has 0 saturated carbocycles. The van der Waals surface area contributed by atoms with Gasteiger partial charge in [-0.05, 0) is 48.7 Å². The van der Waals surface area contributed by atoms with Gasteiger partial charge in [0.2, 0.25) is 5.28 Å². The molecule has 1 heterocycles. The smallest absolute Gasteiger partial charge is 0.329 e. The van der Waals surface area contributed by atoms with E-state index in [9.17, 15) is 0 Å². The monoisotopic (exact) mass is 313 g/mol. The lowest BCUT2D eigenvalue weighted by Gasteiger charge is -2.08. The van der Waals surface area contributed by atoms with Gasteiger partial charge in [0, 0.05) is 5.02 Å². The number of aryl methyl sites for hydroxylation is 1. The first kappa shape index (κ1) is 14.8. The van der Waals surface area contributed by atoms with Crippen molar-refractivity contribution in [3.8, 4) is 17.8 Å². The second-order valence-electron chi connectivity index (χ2n) is 3.81. The Morgan fingerprint density at radius 3 is 2.50 bits per heavy atom. The topological polar surface area (TPSA) is 57.1 Å². The van der Waals surface area contributed by atoms with Crippen molar-refractivity contribution in [2.24, 2.45) is 0 Å². The third-order valence-electron chi connectivity index (χ3n) is 2.45. The second-order valence-corrected chi connectivity index (χ2v) is 4.56. The number of nitrogens with zero attached hydrogens (tertiary/aromatic N) is 3. The number of aromatic nitrogens is 3. The van der Waals surface area contributed by atoms with E-state index >= 15 is 0 Å². The molecule has 0 spiro atoms. The van der Waals surface area contributed by atoms with Crippen LogP contribution in [0.3, 0.4) is 0 Å². The molecule has 7 heteroatoms. The third-order valence-corrected chi connectivity index (χ3v) is 2.99. The standard InChI is InChI=1S/C13H13Cl2N3O2/c1-3-8-7-9(5-6-10(8)14)20-13-17-11(15)16-12(18-13)19-4-2/h5-7H,3-4H2,1-2H3. The van der Waals surface area contributed by atoms with Crippen molar-refractivity contribution >= 4 is 23.2 Å². The lowest BCUT2D eigenvalue weighted by molar-refractivity contribution is 0.303. The van der Waals surface area contributed by atoms with Gasteiger partial charge in [-0.3, -0.25) is 0 Å². The number of benzene rings is 1. The summed E-state index contributed by atoms with van der Waals surface area (Å²) in [5, 5.41) is 0.715. The van der Waals surface area contributed by atoms with Crippen LogP contribution in [0.25, 0.3) is 0 Å². The first-order valence-electron chi connectivity index (χ1n) is 6.13. The first-order chi connectivity index (χ1) is 9.62. The molecule has 5 nitrogen and oxygen atoms in total. The minimum atomic E-state index is 0.0168. The Bertz CT molecular complexity index is 608. The van der Waals surface area contributed by atoms with Crippen LogP contribution in [0.5, 0.6) is 17.8 Å². The predicted octanol–water partition coefficient (Wildman–Crippen LogP) is 3.93. The predicted molar refractivity (Wildman–Crippen MR) is 76.9 cm³/mol. The summed E-state index contributed by atoms with van der Waals surface area (Å²) in [4.78, 5) is 11.7.